The fourth-order valence-corrected chi connectivity index (χ4v) is 1.89. The molecule has 0 saturated heterocycles. The van der Waals surface area contributed by atoms with E-state index >= 15 is 0 Å². The Labute approximate surface area is 122 Å². The Kier molecular flexibility index (Phi) is 5.02. The minimum absolute atomic E-state index is 0.113. The molecular formula is C14H16BNO5. The van der Waals surface area contributed by atoms with Crippen LogP contribution >= 0.6 is 0 Å². The van der Waals surface area contributed by atoms with Crippen molar-refractivity contribution in [3.63, 3.8) is 0 Å². The highest BCUT2D eigenvalue weighted by Gasteiger charge is 2.18. The molecule has 0 bridgehead atoms. The van der Waals surface area contributed by atoms with E-state index in [0.29, 0.717) is 18.0 Å². The molecule has 0 fully saturated rings. The van der Waals surface area contributed by atoms with Gasteiger partial charge in [0.2, 0.25) is 0 Å². The number of hydrogen-bond acceptors (Lipinski definition) is 5. The number of hydrogen-bond donors (Lipinski definition) is 2. The van der Waals surface area contributed by atoms with Crippen LogP contribution in [0.3, 0.4) is 0 Å². The molecule has 2 rings (SSSR count). The molecule has 6 nitrogen and oxygen atoms in total. The highest BCUT2D eigenvalue weighted by molar-refractivity contribution is 6.59. The van der Waals surface area contributed by atoms with Gasteiger partial charge in [-0.3, -0.25) is 4.79 Å². The summed E-state index contributed by atoms with van der Waals surface area (Å²) in [7, 11) is -0.167. The van der Waals surface area contributed by atoms with E-state index in [1.165, 1.54) is 23.8 Å². The van der Waals surface area contributed by atoms with Crippen LogP contribution in [0.2, 0.25) is 0 Å². The van der Waals surface area contributed by atoms with Gasteiger partial charge in [-0.15, -0.1) is 0 Å². The smallest absolute Gasteiger partial charge is 0.492 e. The molecule has 2 N–H and O–H groups in total. The van der Waals surface area contributed by atoms with E-state index in [2.05, 4.69) is 0 Å². The molecule has 0 unspecified atom stereocenters. The lowest BCUT2D eigenvalue weighted by atomic mass is 9.79. The van der Waals surface area contributed by atoms with Crippen molar-refractivity contribution in [1.82, 2.24) is 4.57 Å². The summed E-state index contributed by atoms with van der Waals surface area (Å²) < 4.78 is 12.1. The van der Waals surface area contributed by atoms with Crippen molar-refractivity contribution in [2.24, 2.45) is 0 Å². The molecule has 1 heterocycles. The van der Waals surface area contributed by atoms with Crippen LogP contribution in [0.1, 0.15) is 0 Å². The number of benzene rings is 1. The standard InChI is InChI=1S/C14H16BNO5/c1-20-11-5-6-13(12(10-11)15(18)19)21-9-8-16-7-3-2-4-14(16)17/h2-7,10,18-19H,8-9H2,1H3. The average molecular weight is 289 g/mol. The zero-order valence-electron chi connectivity index (χ0n) is 11.6. The Balaban J connectivity index is 2.06. The number of pyridine rings is 1. The van der Waals surface area contributed by atoms with Crippen LogP contribution in [0.25, 0.3) is 0 Å². The lowest BCUT2D eigenvalue weighted by Gasteiger charge is -2.13. The Morgan fingerprint density at radius 1 is 1.24 bits per heavy atom. The fraction of sp³-hybridized carbons (Fsp3) is 0.214. The monoisotopic (exact) mass is 289 g/mol. The number of nitrogens with zero attached hydrogens (tertiary/aromatic N) is 1. The minimum atomic E-state index is -1.66. The van der Waals surface area contributed by atoms with Crippen LogP contribution in [-0.4, -0.2) is 35.5 Å². The van der Waals surface area contributed by atoms with Gasteiger partial charge in [0.15, 0.2) is 0 Å². The maximum Gasteiger partial charge on any atom is 0.492 e. The van der Waals surface area contributed by atoms with Gasteiger partial charge in [-0.1, -0.05) is 6.07 Å². The maximum atomic E-state index is 11.5. The van der Waals surface area contributed by atoms with E-state index < -0.39 is 7.12 Å². The molecule has 1 aromatic heterocycles. The van der Waals surface area contributed by atoms with Gasteiger partial charge in [0.1, 0.15) is 18.1 Å². The average Bonchev–Trinajstić information content (AvgIpc) is 2.49. The fourth-order valence-electron chi connectivity index (χ4n) is 1.89. The van der Waals surface area contributed by atoms with Crippen LogP contribution in [0.5, 0.6) is 11.5 Å². The van der Waals surface area contributed by atoms with Crippen LogP contribution in [0, 0.1) is 0 Å². The van der Waals surface area contributed by atoms with E-state index in [1.807, 2.05) is 0 Å². The molecule has 2 aromatic rings. The maximum absolute atomic E-state index is 11.5. The third-order valence-corrected chi connectivity index (χ3v) is 2.98. The Morgan fingerprint density at radius 2 is 2.05 bits per heavy atom. The van der Waals surface area contributed by atoms with Gasteiger partial charge in [-0.25, -0.2) is 0 Å². The number of ether oxygens (including phenoxy) is 2. The molecule has 0 aliphatic heterocycles. The third-order valence-electron chi connectivity index (χ3n) is 2.98. The van der Waals surface area contributed by atoms with Gasteiger partial charge >= 0.3 is 7.12 Å². The van der Waals surface area contributed by atoms with Crippen LogP contribution in [0.4, 0.5) is 0 Å². The predicted molar refractivity (Wildman–Crippen MR) is 79.0 cm³/mol. The normalized spacial score (nSPS) is 10.2. The second kappa shape index (κ2) is 6.96. The van der Waals surface area contributed by atoms with Crippen LogP contribution in [0.15, 0.2) is 47.4 Å². The molecular weight excluding hydrogens is 273 g/mol. The second-order valence-electron chi connectivity index (χ2n) is 4.36. The molecule has 0 aliphatic rings. The van der Waals surface area contributed by atoms with Crippen LogP contribution in [-0.2, 0) is 6.54 Å². The summed E-state index contributed by atoms with van der Waals surface area (Å²) in [4.78, 5) is 11.5. The molecule has 0 spiro atoms. The molecule has 110 valence electrons. The summed E-state index contributed by atoms with van der Waals surface area (Å²) in [5.74, 6) is 0.847. The summed E-state index contributed by atoms with van der Waals surface area (Å²) in [6.07, 6.45) is 1.67. The molecule has 0 atom stereocenters. The first-order chi connectivity index (χ1) is 10.1. The molecule has 1 aromatic carbocycles. The van der Waals surface area contributed by atoms with Crippen molar-refractivity contribution in [2.45, 2.75) is 6.54 Å². The molecule has 0 saturated carbocycles. The molecule has 0 radical (unpaired) electrons. The van der Waals surface area contributed by atoms with Crippen molar-refractivity contribution in [2.75, 3.05) is 13.7 Å². The van der Waals surface area contributed by atoms with Crippen molar-refractivity contribution in [3.8, 4) is 11.5 Å². The van der Waals surface area contributed by atoms with Crippen molar-refractivity contribution in [3.05, 3.63) is 52.9 Å². The van der Waals surface area contributed by atoms with E-state index in [-0.39, 0.29) is 17.6 Å². The Morgan fingerprint density at radius 3 is 2.71 bits per heavy atom. The third kappa shape index (κ3) is 3.87. The topological polar surface area (TPSA) is 80.9 Å². The summed E-state index contributed by atoms with van der Waals surface area (Å²) in [5, 5.41) is 18.7. The molecule has 21 heavy (non-hydrogen) atoms. The highest BCUT2D eigenvalue weighted by atomic mass is 16.5. The Bertz CT molecular complexity index is 656. The highest BCUT2D eigenvalue weighted by Crippen LogP contribution is 2.15. The van der Waals surface area contributed by atoms with Gasteiger partial charge in [-0.05, 0) is 24.3 Å². The van der Waals surface area contributed by atoms with Gasteiger partial charge < -0.3 is 24.1 Å². The number of aromatic nitrogens is 1. The first-order valence-electron chi connectivity index (χ1n) is 6.44. The number of methoxy groups -OCH3 is 1. The second-order valence-corrected chi connectivity index (χ2v) is 4.36. The lowest BCUT2D eigenvalue weighted by molar-refractivity contribution is 0.296. The van der Waals surface area contributed by atoms with E-state index in [4.69, 9.17) is 9.47 Å². The van der Waals surface area contributed by atoms with Crippen molar-refractivity contribution >= 4 is 12.6 Å². The SMILES string of the molecule is COc1ccc(OCCn2ccccc2=O)c(B(O)O)c1. The predicted octanol–water partition coefficient (Wildman–Crippen LogP) is -0.384. The van der Waals surface area contributed by atoms with Crippen molar-refractivity contribution in [1.29, 1.82) is 0 Å². The van der Waals surface area contributed by atoms with Gasteiger partial charge in [0, 0.05) is 17.7 Å². The van der Waals surface area contributed by atoms with Gasteiger partial charge in [0.25, 0.3) is 5.56 Å². The largest absolute Gasteiger partial charge is 0.497 e. The minimum Gasteiger partial charge on any atom is -0.497 e. The van der Waals surface area contributed by atoms with Gasteiger partial charge in [0.05, 0.1) is 13.7 Å². The first-order valence-corrected chi connectivity index (χ1v) is 6.44. The zero-order chi connectivity index (χ0) is 15.2. The van der Waals surface area contributed by atoms with E-state index in [0.717, 1.165) is 0 Å². The quantitative estimate of drug-likeness (QED) is 0.708. The van der Waals surface area contributed by atoms with Crippen molar-refractivity contribution < 1.29 is 19.5 Å². The summed E-state index contributed by atoms with van der Waals surface area (Å²) >= 11 is 0. The molecule has 7 heteroatoms. The number of rotatable bonds is 6. The van der Waals surface area contributed by atoms with Gasteiger partial charge in [-0.2, -0.15) is 0 Å². The van der Waals surface area contributed by atoms with Crippen LogP contribution < -0.4 is 20.5 Å². The zero-order valence-corrected chi connectivity index (χ0v) is 11.6. The lowest BCUT2D eigenvalue weighted by Crippen LogP contribution is -2.32. The summed E-state index contributed by atoms with van der Waals surface area (Å²) in [6, 6.07) is 9.66. The summed E-state index contributed by atoms with van der Waals surface area (Å²) in [5.41, 5.74) is 0.105. The Hall–Kier alpha value is -2.25. The molecule has 0 aliphatic carbocycles. The van der Waals surface area contributed by atoms with E-state index in [1.54, 1.807) is 30.5 Å². The molecule has 0 amide bonds. The summed E-state index contributed by atoms with van der Waals surface area (Å²) in [6.45, 7) is 0.600. The first kappa shape index (κ1) is 15.1. The van der Waals surface area contributed by atoms with E-state index in [9.17, 15) is 14.8 Å².